The van der Waals surface area contributed by atoms with Crippen LogP contribution < -0.4 is 15.1 Å². The van der Waals surface area contributed by atoms with Gasteiger partial charge < -0.3 is 4.90 Å². The average Bonchev–Trinajstić information content (AvgIpc) is 2.70. The Morgan fingerprint density at radius 2 is 1.71 bits per heavy atom. The molecule has 2 aromatic rings. The molecule has 6 heteroatoms. The minimum Gasteiger partial charge on any atom is -0.366 e. The standard InChI is InChI=1S/C25H25N3O2S/c1-15-6-9-18(10-7-15)28-23(30)20(22(29)26-24(28)31)13-17-8-11-21-19(12-17)16(2)14-25(3,4)27(21)5/h6-14H,1-5H3,(H,26,29,31)/b20-13+. The number of fused-ring (bicyclic) bond motifs is 1. The zero-order valence-corrected chi connectivity index (χ0v) is 19.1. The molecule has 2 aliphatic rings. The number of carbonyl (C=O) groups excluding carboxylic acids is 2. The number of carbonyl (C=O) groups is 2. The van der Waals surface area contributed by atoms with Crippen molar-refractivity contribution in [1.29, 1.82) is 0 Å². The van der Waals surface area contributed by atoms with Crippen LogP contribution in [0.5, 0.6) is 0 Å². The first kappa shape index (κ1) is 21.0. The highest BCUT2D eigenvalue weighted by molar-refractivity contribution is 7.80. The number of rotatable bonds is 2. The Morgan fingerprint density at radius 1 is 1.03 bits per heavy atom. The number of anilines is 2. The summed E-state index contributed by atoms with van der Waals surface area (Å²) < 4.78 is 0. The minimum atomic E-state index is -0.485. The van der Waals surface area contributed by atoms with Crippen molar-refractivity contribution in [2.24, 2.45) is 0 Å². The number of hydrogen-bond donors (Lipinski definition) is 1. The first-order valence-corrected chi connectivity index (χ1v) is 10.5. The third kappa shape index (κ3) is 3.68. The van der Waals surface area contributed by atoms with Crippen molar-refractivity contribution >= 4 is 52.2 Å². The average molecular weight is 432 g/mol. The highest BCUT2D eigenvalue weighted by atomic mass is 32.1. The Kier molecular flexibility index (Phi) is 5.06. The van der Waals surface area contributed by atoms with E-state index in [-0.39, 0.29) is 16.2 Å². The number of amides is 2. The zero-order chi connectivity index (χ0) is 22.5. The number of aryl methyl sites for hydroxylation is 1. The number of allylic oxidation sites excluding steroid dienone is 1. The topological polar surface area (TPSA) is 52.7 Å². The summed E-state index contributed by atoms with van der Waals surface area (Å²) in [7, 11) is 2.07. The summed E-state index contributed by atoms with van der Waals surface area (Å²) in [4.78, 5) is 29.4. The summed E-state index contributed by atoms with van der Waals surface area (Å²) in [5.41, 5.74) is 5.83. The maximum atomic E-state index is 13.2. The second kappa shape index (κ2) is 7.46. The van der Waals surface area contributed by atoms with E-state index in [1.807, 2.05) is 49.4 Å². The fraction of sp³-hybridized carbons (Fsp3) is 0.240. The lowest BCUT2D eigenvalue weighted by molar-refractivity contribution is -0.122. The quantitative estimate of drug-likeness (QED) is 0.433. The molecule has 0 bridgehead atoms. The number of thiocarbonyl (C=S) groups is 1. The first-order valence-electron chi connectivity index (χ1n) is 10.1. The van der Waals surface area contributed by atoms with Crippen LogP contribution >= 0.6 is 12.2 Å². The summed E-state index contributed by atoms with van der Waals surface area (Å²) in [6.07, 6.45) is 3.86. The smallest absolute Gasteiger partial charge is 0.270 e. The van der Waals surface area contributed by atoms with E-state index in [0.29, 0.717) is 5.69 Å². The molecule has 2 aromatic carbocycles. The van der Waals surface area contributed by atoms with Crippen molar-refractivity contribution in [2.75, 3.05) is 16.8 Å². The molecule has 4 rings (SSSR count). The Morgan fingerprint density at radius 3 is 2.39 bits per heavy atom. The molecule has 158 valence electrons. The molecule has 0 atom stereocenters. The van der Waals surface area contributed by atoms with Crippen molar-refractivity contribution < 1.29 is 9.59 Å². The van der Waals surface area contributed by atoms with E-state index in [2.05, 4.69) is 44.1 Å². The molecule has 5 nitrogen and oxygen atoms in total. The highest BCUT2D eigenvalue weighted by Crippen LogP contribution is 2.38. The molecule has 0 unspecified atom stereocenters. The Balaban J connectivity index is 1.73. The lowest BCUT2D eigenvalue weighted by Gasteiger charge is -2.40. The van der Waals surface area contributed by atoms with Gasteiger partial charge in [0.25, 0.3) is 11.8 Å². The van der Waals surface area contributed by atoms with Crippen LogP contribution in [-0.2, 0) is 9.59 Å². The maximum absolute atomic E-state index is 13.2. The van der Waals surface area contributed by atoms with Gasteiger partial charge in [-0.15, -0.1) is 0 Å². The van der Waals surface area contributed by atoms with Gasteiger partial charge in [0.05, 0.1) is 11.2 Å². The molecule has 2 amide bonds. The van der Waals surface area contributed by atoms with E-state index in [1.165, 1.54) is 10.5 Å². The second-order valence-corrected chi connectivity index (χ2v) is 9.00. The molecule has 2 heterocycles. The van der Waals surface area contributed by atoms with Gasteiger partial charge in [0.15, 0.2) is 5.11 Å². The van der Waals surface area contributed by atoms with Crippen LogP contribution in [0.1, 0.15) is 37.5 Å². The molecule has 0 aliphatic carbocycles. The predicted octanol–water partition coefficient (Wildman–Crippen LogP) is 4.46. The van der Waals surface area contributed by atoms with Crippen molar-refractivity contribution in [3.8, 4) is 0 Å². The summed E-state index contributed by atoms with van der Waals surface area (Å²) in [6, 6.07) is 13.4. The molecule has 1 saturated heterocycles. The summed E-state index contributed by atoms with van der Waals surface area (Å²) in [6.45, 7) is 8.39. The van der Waals surface area contributed by atoms with Crippen molar-refractivity contribution in [2.45, 2.75) is 33.2 Å². The predicted molar refractivity (Wildman–Crippen MR) is 130 cm³/mol. The van der Waals surface area contributed by atoms with E-state index in [4.69, 9.17) is 12.2 Å². The lowest BCUT2D eigenvalue weighted by Crippen LogP contribution is -2.54. The Hall–Kier alpha value is -3.25. The lowest BCUT2D eigenvalue weighted by atomic mass is 9.88. The van der Waals surface area contributed by atoms with Gasteiger partial charge in [-0.1, -0.05) is 29.8 Å². The molecule has 0 spiro atoms. The van der Waals surface area contributed by atoms with Crippen molar-refractivity contribution in [3.05, 3.63) is 70.8 Å². The number of likely N-dealkylation sites (N-methyl/N-ethyl adjacent to an activating group) is 1. The van der Waals surface area contributed by atoms with Crippen LogP contribution in [0.4, 0.5) is 11.4 Å². The van der Waals surface area contributed by atoms with Gasteiger partial charge in [0, 0.05) is 18.3 Å². The van der Waals surface area contributed by atoms with Crippen molar-refractivity contribution in [1.82, 2.24) is 5.32 Å². The van der Waals surface area contributed by atoms with Gasteiger partial charge >= 0.3 is 0 Å². The molecular weight excluding hydrogens is 406 g/mol. The molecular formula is C25H25N3O2S. The molecule has 0 aromatic heterocycles. The molecule has 0 radical (unpaired) electrons. The number of nitrogens with zero attached hydrogens (tertiary/aromatic N) is 2. The van der Waals surface area contributed by atoms with Crippen LogP contribution in [0.25, 0.3) is 11.6 Å². The monoisotopic (exact) mass is 431 g/mol. The third-order valence-electron chi connectivity index (χ3n) is 5.95. The molecule has 1 N–H and O–H groups in total. The van der Waals surface area contributed by atoms with Gasteiger partial charge in [0.1, 0.15) is 5.57 Å². The minimum absolute atomic E-state index is 0.0558. The van der Waals surface area contributed by atoms with Gasteiger partial charge in [-0.2, -0.15) is 0 Å². The van der Waals surface area contributed by atoms with E-state index in [0.717, 1.165) is 22.4 Å². The molecule has 31 heavy (non-hydrogen) atoms. The normalized spacial score (nSPS) is 19.3. The van der Waals surface area contributed by atoms with Crippen molar-refractivity contribution in [3.63, 3.8) is 0 Å². The van der Waals surface area contributed by atoms with Gasteiger partial charge in [-0.25, -0.2) is 0 Å². The van der Waals surface area contributed by atoms with Crippen LogP contribution in [0.3, 0.4) is 0 Å². The van der Waals surface area contributed by atoms with E-state index >= 15 is 0 Å². The summed E-state index contributed by atoms with van der Waals surface area (Å²) in [5, 5.41) is 2.73. The Bertz CT molecular complexity index is 1180. The summed E-state index contributed by atoms with van der Waals surface area (Å²) in [5.74, 6) is -0.914. The fourth-order valence-corrected chi connectivity index (χ4v) is 4.30. The van der Waals surface area contributed by atoms with E-state index in [9.17, 15) is 9.59 Å². The third-order valence-corrected chi connectivity index (χ3v) is 6.23. The maximum Gasteiger partial charge on any atom is 0.270 e. The molecule has 1 fully saturated rings. The fourth-order valence-electron chi connectivity index (χ4n) is 4.02. The van der Waals surface area contributed by atoms with Crippen LogP contribution in [0.2, 0.25) is 0 Å². The number of benzene rings is 2. The number of hydrogen-bond acceptors (Lipinski definition) is 4. The SMILES string of the molecule is CC1=CC(C)(C)N(C)c2ccc(/C=C3\C(=O)NC(=S)N(c4ccc(C)cc4)C3=O)cc21. The highest BCUT2D eigenvalue weighted by Gasteiger charge is 2.34. The van der Waals surface area contributed by atoms with Gasteiger partial charge in [-0.3, -0.25) is 19.8 Å². The van der Waals surface area contributed by atoms with Crippen LogP contribution in [-0.4, -0.2) is 29.5 Å². The van der Waals surface area contributed by atoms with Gasteiger partial charge in [-0.05, 0) is 81.4 Å². The van der Waals surface area contributed by atoms with E-state index in [1.54, 1.807) is 6.08 Å². The van der Waals surface area contributed by atoms with Crippen LogP contribution in [0.15, 0.2) is 54.1 Å². The molecule has 0 saturated carbocycles. The van der Waals surface area contributed by atoms with Crippen LogP contribution in [0, 0.1) is 6.92 Å². The second-order valence-electron chi connectivity index (χ2n) is 8.61. The largest absolute Gasteiger partial charge is 0.366 e. The van der Waals surface area contributed by atoms with Gasteiger partial charge in [0.2, 0.25) is 0 Å². The molecule has 2 aliphatic heterocycles. The summed E-state index contributed by atoms with van der Waals surface area (Å²) >= 11 is 5.28. The zero-order valence-electron chi connectivity index (χ0n) is 18.3. The Labute approximate surface area is 188 Å². The first-order chi connectivity index (χ1) is 14.6. The van der Waals surface area contributed by atoms with E-state index < -0.39 is 11.8 Å². The number of nitrogens with one attached hydrogen (secondary N) is 1.